The number of nitrogens with one attached hydrogen (secondary N) is 1. The number of amides is 1. The number of carbonyl (C=O) groups excluding carboxylic acids is 1. The molecule has 1 N–H and O–H groups in total. The molecular formula is C26H32N4O2. The lowest BCUT2D eigenvalue weighted by Crippen LogP contribution is -2.41. The highest BCUT2D eigenvalue weighted by molar-refractivity contribution is 5.98. The molecule has 2 aliphatic rings. The number of nitrogens with zero attached hydrogens (tertiary/aromatic N) is 3. The van der Waals surface area contributed by atoms with Gasteiger partial charge >= 0.3 is 0 Å². The third-order valence-electron chi connectivity index (χ3n) is 6.91. The zero-order valence-corrected chi connectivity index (χ0v) is 19.0. The number of ether oxygens (including phenoxy) is 1. The number of hydrogen-bond donors (Lipinski definition) is 1. The zero-order valence-electron chi connectivity index (χ0n) is 19.0. The first-order valence-corrected chi connectivity index (χ1v) is 11.8. The molecule has 4 heterocycles. The summed E-state index contributed by atoms with van der Waals surface area (Å²) in [4.78, 5) is 25.3. The monoisotopic (exact) mass is 432 g/mol. The molecule has 168 valence electrons. The van der Waals surface area contributed by atoms with Crippen molar-refractivity contribution in [3.63, 3.8) is 0 Å². The molecule has 0 spiro atoms. The second-order valence-corrected chi connectivity index (χ2v) is 9.37. The fourth-order valence-electron chi connectivity index (χ4n) is 4.98. The molecule has 0 radical (unpaired) electrons. The lowest BCUT2D eigenvalue weighted by molar-refractivity contribution is 0.0785. The Bertz CT molecular complexity index is 1070. The molecule has 2 fully saturated rings. The number of fused-ring (bicyclic) bond motifs is 1. The molecule has 0 aliphatic carbocycles. The van der Waals surface area contributed by atoms with Crippen LogP contribution in [0.25, 0.3) is 10.9 Å². The quantitative estimate of drug-likeness (QED) is 0.647. The van der Waals surface area contributed by atoms with Crippen LogP contribution in [-0.2, 0) is 0 Å². The van der Waals surface area contributed by atoms with E-state index in [1.54, 1.807) is 0 Å². The number of pyridine rings is 1. The number of benzene rings is 1. The van der Waals surface area contributed by atoms with Gasteiger partial charge < -0.3 is 19.5 Å². The number of carbonyl (C=O) groups is 1. The Balaban J connectivity index is 1.24. The highest BCUT2D eigenvalue weighted by atomic mass is 16.5. The van der Waals surface area contributed by atoms with Crippen LogP contribution in [0.1, 0.15) is 55.2 Å². The van der Waals surface area contributed by atoms with Crippen molar-refractivity contribution >= 4 is 16.8 Å². The van der Waals surface area contributed by atoms with Crippen molar-refractivity contribution in [3.8, 4) is 5.75 Å². The van der Waals surface area contributed by atoms with Crippen LogP contribution in [-0.4, -0.2) is 64.0 Å². The molecule has 6 heteroatoms. The molecule has 5 rings (SSSR count). The highest BCUT2D eigenvalue weighted by Gasteiger charge is 2.29. The Kier molecular flexibility index (Phi) is 5.87. The zero-order chi connectivity index (χ0) is 22.1. The minimum Gasteiger partial charge on any atom is -0.490 e. The van der Waals surface area contributed by atoms with E-state index in [-0.39, 0.29) is 12.0 Å². The van der Waals surface area contributed by atoms with Crippen LogP contribution in [0.4, 0.5) is 0 Å². The Hall–Kier alpha value is -2.86. The summed E-state index contributed by atoms with van der Waals surface area (Å²) >= 11 is 0. The van der Waals surface area contributed by atoms with Gasteiger partial charge in [0.25, 0.3) is 5.91 Å². The van der Waals surface area contributed by atoms with Crippen molar-refractivity contribution in [1.82, 2.24) is 19.8 Å². The molecule has 2 aliphatic heterocycles. The fourth-order valence-corrected chi connectivity index (χ4v) is 4.98. The number of aromatic amines is 1. The SMILES string of the molecule is CC(C)N1CCC(Oc2ccc3[nH]c(C(=O)N4CCC(c5ccccn5)C4)cc3c2)CC1. The minimum atomic E-state index is 0.0585. The van der Waals surface area contributed by atoms with Crippen LogP contribution in [0.2, 0.25) is 0 Å². The van der Waals surface area contributed by atoms with Gasteiger partial charge in [-0.15, -0.1) is 0 Å². The summed E-state index contributed by atoms with van der Waals surface area (Å²) in [5, 5.41) is 1.02. The van der Waals surface area contributed by atoms with Crippen molar-refractivity contribution in [2.24, 2.45) is 0 Å². The van der Waals surface area contributed by atoms with E-state index in [0.717, 1.165) is 61.2 Å². The normalized spacial score (nSPS) is 20.3. The summed E-state index contributed by atoms with van der Waals surface area (Å²) in [6, 6.07) is 14.6. The molecule has 0 saturated carbocycles. The molecule has 32 heavy (non-hydrogen) atoms. The van der Waals surface area contributed by atoms with E-state index in [4.69, 9.17) is 4.74 Å². The van der Waals surface area contributed by atoms with Crippen LogP contribution in [0.15, 0.2) is 48.7 Å². The average molecular weight is 433 g/mol. The lowest BCUT2D eigenvalue weighted by Gasteiger charge is -2.34. The van der Waals surface area contributed by atoms with Crippen molar-refractivity contribution in [2.45, 2.75) is 51.2 Å². The van der Waals surface area contributed by atoms with E-state index in [1.807, 2.05) is 41.4 Å². The van der Waals surface area contributed by atoms with Gasteiger partial charge in [-0.2, -0.15) is 0 Å². The molecule has 0 bridgehead atoms. The molecule has 2 saturated heterocycles. The number of likely N-dealkylation sites (tertiary alicyclic amines) is 2. The van der Waals surface area contributed by atoms with E-state index in [9.17, 15) is 4.79 Å². The van der Waals surface area contributed by atoms with Gasteiger partial charge in [0.05, 0.1) is 0 Å². The van der Waals surface area contributed by atoms with E-state index in [0.29, 0.717) is 24.2 Å². The Morgan fingerprint density at radius 3 is 2.69 bits per heavy atom. The van der Waals surface area contributed by atoms with Gasteiger partial charge in [-0.3, -0.25) is 9.78 Å². The standard InChI is InChI=1S/C26H32N4O2/c1-18(2)29-13-9-21(10-14-29)32-22-6-7-24-20(15-22)16-25(28-24)26(31)30-12-8-19(17-30)23-5-3-4-11-27-23/h3-7,11,15-16,18-19,21,28H,8-10,12-14,17H2,1-2H3. The first-order chi connectivity index (χ1) is 15.6. The average Bonchev–Trinajstić information content (AvgIpc) is 3.47. The summed E-state index contributed by atoms with van der Waals surface area (Å²) in [5.41, 5.74) is 2.68. The van der Waals surface area contributed by atoms with Crippen LogP contribution >= 0.6 is 0 Å². The van der Waals surface area contributed by atoms with Crippen molar-refractivity contribution < 1.29 is 9.53 Å². The van der Waals surface area contributed by atoms with Gasteiger partial charge in [0.2, 0.25) is 0 Å². The molecule has 1 aromatic carbocycles. The smallest absolute Gasteiger partial charge is 0.270 e. The van der Waals surface area contributed by atoms with E-state index in [1.165, 1.54) is 0 Å². The summed E-state index contributed by atoms with van der Waals surface area (Å²) < 4.78 is 6.28. The van der Waals surface area contributed by atoms with Gasteiger partial charge in [-0.05, 0) is 69.5 Å². The van der Waals surface area contributed by atoms with Gasteiger partial charge in [-0.25, -0.2) is 0 Å². The molecule has 2 aromatic heterocycles. The van der Waals surface area contributed by atoms with Crippen LogP contribution in [0.3, 0.4) is 0 Å². The third-order valence-corrected chi connectivity index (χ3v) is 6.91. The number of hydrogen-bond acceptors (Lipinski definition) is 4. The number of piperidine rings is 1. The van der Waals surface area contributed by atoms with E-state index >= 15 is 0 Å². The molecule has 1 unspecified atom stereocenters. The molecule has 1 atom stereocenters. The van der Waals surface area contributed by atoms with Gasteiger partial charge in [0, 0.05) is 60.9 Å². The lowest BCUT2D eigenvalue weighted by atomic mass is 10.0. The van der Waals surface area contributed by atoms with Gasteiger partial charge in [0.1, 0.15) is 17.5 Å². The van der Waals surface area contributed by atoms with Gasteiger partial charge in [-0.1, -0.05) is 6.07 Å². The van der Waals surface area contributed by atoms with Gasteiger partial charge in [0.15, 0.2) is 0 Å². The fraction of sp³-hybridized carbons (Fsp3) is 0.462. The van der Waals surface area contributed by atoms with Crippen LogP contribution < -0.4 is 4.74 Å². The molecule has 6 nitrogen and oxygen atoms in total. The first kappa shape index (κ1) is 21.0. The van der Waals surface area contributed by atoms with E-state index < -0.39 is 0 Å². The summed E-state index contributed by atoms with van der Waals surface area (Å²) in [6.07, 6.45) is 5.15. The minimum absolute atomic E-state index is 0.0585. The largest absolute Gasteiger partial charge is 0.490 e. The van der Waals surface area contributed by atoms with E-state index in [2.05, 4.69) is 40.8 Å². The second-order valence-electron chi connectivity index (χ2n) is 9.37. The molecule has 1 amide bonds. The molecular weight excluding hydrogens is 400 g/mol. The Morgan fingerprint density at radius 2 is 1.94 bits per heavy atom. The second kappa shape index (κ2) is 8.94. The first-order valence-electron chi connectivity index (χ1n) is 11.8. The predicted molar refractivity (Wildman–Crippen MR) is 126 cm³/mol. The highest BCUT2D eigenvalue weighted by Crippen LogP contribution is 2.29. The third kappa shape index (κ3) is 4.37. The summed E-state index contributed by atoms with van der Waals surface area (Å²) in [7, 11) is 0. The Labute approximate surface area is 189 Å². The van der Waals surface area contributed by atoms with Crippen molar-refractivity contribution in [1.29, 1.82) is 0 Å². The maximum Gasteiger partial charge on any atom is 0.270 e. The summed E-state index contributed by atoms with van der Waals surface area (Å²) in [6.45, 7) is 8.15. The maximum absolute atomic E-state index is 13.1. The predicted octanol–water partition coefficient (Wildman–Crippen LogP) is 4.44. The number of rotatable bonds is 5. The Morgan fingerprint density at radius 1 is 1.09 bits per heavy atom. The summed E-state index contributed by atoms with van der Waals surface area (Å²) in [5.74, 6) is 1.25. The topological polar surface area (TPSA) is 61.5 Å². The van der Waals surface area contributed by atoms with Crippen LogP contribution in [0.5, 0.6) is 5.75 Å². The number of aromatic nitrogens is 2. The molecule has 3 aromatic rings. The number of H-pyrrole nitrogens is 1. The van der Waals surface area contributed by atoms with Crippen LogP contribution in [0, 0.1) is 0 Å². The van der Waals surface area contributed by atoms with Crippen molar-refractivity contribution in [2.75, 3.05) is 26.2 Å². The van der Waals surface area contributed by atoms with Crippen molar-refractivity contribution in [3.05, 3.63) is 60.0 Å². The maximum atomic E-state index is 13.1.